The fourth-order valence-corrected chi connectivity index (χ4v) is 4.93. The van der Waals surface area contributed by atoms with Gasteiger partial charge in [0.05, 0.1) is 24.4 Å². The van der Waals surface area contributed by atoms with Crippen LogP contribution in [0.5, 0.6) is 0 Å². The standard InChI is InChI=1S/C26H38ClNO6/c1-3-34-23(29)17-22(8-6-7-19-9-11-21(27)12-10-19)28-25(32)26(14-4-5-15-26)18-20(24(30)31)13-16-33-2/h9-12,20,22H,3-8,13-18H2,1-2H3,(H,28,32)(H,30,31)/t20-,22-/m0/s1. The van der Waals surface area contributed by atoms with Gasteiger partial charge < -0.3 is 19.9 Å². The SMILES string of the molecule is CCOC(=O)C[C@H](CCCc1ccc(Cl)cc1)NC(=O)C1(C[C@H](CCOC)C(=O)O)CCCC1. The molecule has 7 nitrogen and oxygen atoms in total. The highest BCUT2D eigenvalue weighted by Gasteiger charge is 2.44. The van der Waals surface area contributed by atoms with Gasteiger partial charge in [0.25, 0.3) is 0 Å². The van der Waals surface area contributed by atoms with Gasteiger partial charge in [-0.2, -0.15) is 0 Å². The van der Waals surface area contributed by atoms with Gasteiger partial charge >= 0.3 is 11.9 Å². The van der Waals surface area contributed by atoms with E-state index in [2.05, 4.69) is 5.32 Å². The van der Waals surface area contributed by atoms with Crippen molar-refractivity contribution in [3.05, 3.63) is 34.9 Å². The molecule has 0 spiro atoms. The number of carbonyl (C=O) groups is 3. The molecule has 34 heavy (non-hydrogen) atoms. The number of halogens is 1. The van der Waals surface area contributed by atoms with Crippen molar-refractivity contribution >= 4 is 29.4 Å². The van der Waals surface area contributed by atoms with Crippen LogP contribution >= 0.6 is 11.6 Å². The molecule has 1 amide bonds. The van der Waals surface area contributed by atoms with E-state index in [1.807, 2.05) is 24.3 Å². The van der Waals surface area contributed by atoms with Crippen LogP contribution in [0.1, 0.15) is 70.3 Å². The van der Waals surface area contributed by atoms with E-state index in [1.54, 1.807) is 14.0 Å². The fourth-order valence-electron chi connectivity index (χ4n) is 4.81. The second-order valence-electron chi connectivity index (χ2n) is 9.21. The van der Waals surface area contributed by atoms with Crippen molar-refractivity contribution in [1.29, 1.82) is 0 Å². The van der Waals surface area contributed by atoms with E-state index in [0.29, 0.717) is 37.3 Å². The van der Waals surface area contributed by atoms with Gasteiger partial charge in [-0.1, -0.05) is 36.6 Å². The molecule has 1 saturated carbocycles. The number of benzene rings is 1. The molecule has 2 N–H and O–H groups in total. The minimum atomic E-state index is -0.901. The number of aliphatic carboxylic acids is 1. The third kappa shape index (κ3) is 8.91. The lowest BCUT2D eigenvalue weighted by Gasteiger charge is -2.32. The molecule has 8 heteroatoms. The number of carboxylic acid groups (broad SMARTS) is 1. The van der Waals surface area contributed by atoms with Crippen LogP contribution in [0.2, 0.25) is 5.02 Å². The second-order valence-corrected chi connectivity index (χ2v) is 9.64. The Hall–Kier alpha value is -2.12. The minimum Gasteiger partial charge on any atom is -0.481 e. The Morgan fingerprint density at radius 1 is 1.15 bits per heavy atom. The minimum absolute atomic E-state index is 0.0995. The van der Waals surface area contributed by atoms with Crippen molar-refractivity contribution in [1.82, 2.24) is 5.32 Å². The number of aryl methyl sites for hydroxylation is 1. The molecule has 0 saturated heterocycles. The summed E-state index contributed by atoms with van der Waals surface area (Å²) in [5.74, 6) is -2.03. The molecule has 1 aliphatic carbocycles. The first-order valence-corrected chi connectivity index (χ1v) is 12.6. The Bertz CT molecular complexity index is 791. The summed E-state index contributed by atoms with van der Waals surface area (Å²) in [6, 6.07) is 7.28. The predicted octanol–water partition coefficient (Wildman–Crippen LogP) is 4.79. The smallest absolute Gasteiger partial charge is 0.307 e. The average Bonchev–Trinajstić information content (AvgIpc) is 3.28. The lowest BCUT2D eigenvalue weighted by atomic mass is 9.75. The van der Waals surface area contributed by atoms with Gasteiger partial charge in [0.1, 0.15) is 0 Å². The highest BCUT2D eigenvalue weighted by molar-refractivity contribution is 6.30. The average molecular weight is 496 g/mol. The summed E-state index contributed by atoms with van der Waals surface area (Å²) in [6.45, 7) is 2.38. The van der Waals surface area contributed by atoms with Crippen LogP contribution in [-0.4, -0.2) is 49.3 Å². The molecule has 0 aromatic heterocycles. The maximum Gasteiger partial charge on any atom is 0.307 e. The number of esters is 1. The van der Waals surface area contributed by atoms with Crippen molar-refractivity contribution < 1.29 is 29.0 Å². The molecule has 0 heterocycles. The van der Waals surface area contributed by atoms with Gasteiger partial charge in [-0.25, -0.2) is 0 Å². The van der Waals surface area contributed by atoms with Gasteiger partial charge in [0, 0.05) is 24.8 Å². The molecule has 1 fully saturated rings. The summed E-state index contributed by atoms with van der Waals surface area (Å²) in [5, 5.41) is 13.5. The summed E-state index contributed by atoms with van der Waals surface area (Å²) in [5.41, 5.74) is 0.417. The maximum atomic E-state index is 13.5. The van der Waals surface area contributed by atoms with E-state index in [4.69, 9.17) is 21.1 Å². The van der Waals surface area contributed by atoms with E-state index in [1.165, 1.54) is 0 Å². The lowest BCUT2D eigenvalue weighted by molar-refractivity contribution is -0.145. The molecule has 0 aliphatic heterocycles. The molecule has 0 radical (unpaired) electrons. The van der Waals surface area contributed by atoms with Crippen molar-refractivity contribution in [2.24, 2.45) is 11.3 Å². The van der Waals surface area contributed by atoms with Crippen LogP contribution in [0.15, 0.2) is 24.3 Å². The molecular weight excluding hydrogens is 458 g/mol. The van der Waals surface area contributed by atoms with Crippen molar-refractivity contribution in [2.75, 3.05) is 20.3 Å². The zero-order valence-corrected chi connectivity index (χ0v) is 21.1. The van der Waals surface area contributed by atoms with Gasteiger partial charge in [-0.15, -0.1) is 0 Å². The summed E-state index contributed by atoms with van der Waals surface area (Å²) >= 11 is 5.96. The van der Waals surface area contributed by atoms with E-state index in [9.17, 15) is 19.5 Å². The van der Waals surface area contributed by atoms with Gasteiger partial charge in [0.15, 0.2) is 0 Å². The quantitative estimate of drug-likeness (QED) is 0.339. The highest BCUT2D eigenvalue weighted by atomic mass is 35.5. The molecule has 1 aliphatic rings. The molecule has 1 aromatic rings. The lowest BCUT2D eigenvalue weighted by Crippen LogP contribution is -2.46. The fraction of sp³-hybridized carbons (Fsp3) is 0.654. The number of ether oxygens (including phenoxy) is 2. The largest absolute Gasteiger partial charge is 0.481 e. The molecule has 1 aromatic carbocycles. The summed E-state index contributed by atoms with van der Waals surface area (Å²) < 4.78 is 10.2. The number of rotatable bonds is 15. The number of hydrogen-bond donors (Lipinski definition) is 2. The Morgan fingerprint density at radius 3 is 2.41 bits per heavy atom. The first-order chi connectivity index (χ1) is 16.3. The number of carbonyl (C=O) groups excluding carboxylic acids is 2. The number of methoxy groups -OCH3 is 1. The van der Waals surface area contributed by atoms with Crippen LogP contribution in [0, 0.1) is 11.3 Å². The van der Waals surface area contributed by atoms with E-state index >= 15 is 0 Å². The Kier molecular flexibility index (Phi) is 11.8. The third-order valence-electron chi connectivity index (χ3n) is 6.68. The van der Waals surface area contributed by atoms with Crippen LogP contribution in [-0.2, 0) is 30.3 Å². The summed E-state index contributed by atoms with van der Waals surface area (Å²) in [6.07, 6.45) is 6.06. The normalized spacial score (nSPS) is 16.6. The summed E-state index contributed by atoms with van der Waals surface area (Å²) in [4.78, 5) is 37.6. The summed E-state index contributed by atoms with van der Waals surface area (Å²) in [7, 11) is 1.54. The van der Waals surface area contributed by atoms with Gasteiger partial charge in [-0.3, -0.25) is 14.4 Å². The van der Waals surface area contributed by atoms with Gasteiger partial charge in [-0.05, 0) is 69.6 Å². The molecule has 2 atom stereocenters. The van der Waals surface area contributed by atoms with E-state index < -0.39 is 17.3 Å². The Labute approximate surface area is 207 Å². The van der Waals surface area contributed by atoms with Crippen LogP contribution in [0.4, 0.5) is 0 Å². The number of carboxylic acids is 1. The number of hydrogen-bond acceptors (Lipinski definition) is 5. The molecule has 190 valence electrons. The molecule has 0 unspecified atom stereocenters. The van der Waals surface area contributed by atoms with Crippen molar-refractivity contribution in [2.45, 2.75) is 77.2 Å². The van der Waals surface area contributed by atoms with Crippen LogP contribution < -0.4 is 5.32 Å². The number of nitrogens with one attached hydrogen (secondary N) is 1. The molecule has 0 bridgehead atoms. The first kappa shape index (κ1) is 28.1. The topological polar surface area (TPSA) is 102 Å². The monoisotopic (exact) mass is 495 g/mol. The maximum absolute atomic E-state index is 13.5. The first-order valence-electron chi connectivity index (χ1n) is 12.2. The molecular formula is C26H38ClNO6. The van der Waals surface area contributed by atoms with Crippen LogP contribution in [0.25, 0.3) is 0 Å². The second kappa shape index (κ2) is 14.3. The van der Waals surface area contributed by atoms with Crippen molar-refractivity contribution in [3.8, 4) is 0 Å². The highest BCUT2D eigenvalue weighted by Crippen LogP contribution is 2.44. The van der Waals surface area contributed by atoms with Crippen molar-refractivity contribution in [3.63, 3.8) is 0 Å². The zero-order valence-electron chi connectivity index (χ0n) is 20.3. The van der Waals surface area contributed by atoms with E-state index in [0.717, 1.165) is 31.2 Å². The van der Waals surface area contributed by atoms with Gasteiger partial charge in [0.2, 0.25) is 5.91 Å². The Morgan fingerprint density at radius 2 is 1.82 bits per heavy atom. The number of amides is 1. The third-order valence-corrected chi connectivity index (χ3v) is 6.94. The Balaban J connectivity index is 2.07. The van der Waals surface area contributed by atoms with Crippen LogP contribution in [0.3, 0.4) is 0 Å². The van der Waals surface area contributed by atoms with E-state index in [-0.39, 0.29) is 37.4 Å². The zero-order chi connectivity index (χ0) is 25.0. The predicted molar refractivity (Wildman–Crippen MR) is 131 cm³/mol. The molecule has 2 rings (SSSR count).